The standard InChI is InChI=1S/C20H25F3O2/c1-2-11-24-19-10-7-16-12-15(3-4-17(16)13-19)14-5-8-18(9-6-14)25-20(21,22)23/h2,5-6,8-9,15-17,19H,1,3-4,7,10-13H2. The van der Waals surface area contributed by atoms with E-state index in [0.717, 1.165) is 31.2 Å². The summed E-state index contributed by atoms with van der Waals surface area (Å²) < 4.78 is 46.5. The lowest BCUT2D eigenvalue weighted by Gasteiger charge is -2.42. The average molecular weight is 354 g/mol. The molecule has 1 aromatic carbocycles. The molecule has 0 radical (unpaired) electrons. The van der Waals surface area contributed by atoms with Gasteiger partial charge in [-0.1, -0.05) is 18.2 Å². The smallest absolute Gasteiger partial charge is 0.406 e. The molecular weight excluding hydrogens is 329 g/mol. The Hall–Kier alpha value is -1.49. The van der Waals surface area contributed by atoms with Gasteiger partial charge in [0.2, 0.25) is 0 Å². The molecule has 5 heteroatoms. The fourth-order valence-electron chi connectivity index (χ4n) is 4.45. The Labute approximate surface area is 147 Å². The molecule has 0 aromatic heterocycles. The van der Waals surface area contributed by atoms with Gasteiger partial charge >= 0.3 is 6.36 Å². The number of rotatable bonds is 5. The van der Waals surface area contributed by atoms with Crippen LogP contribution < -0.4 is 4.74 Å². The topological polar surface area (TPSA) is 18.5 Å². The van der Waals surface area contributed by atoms with Gasteiger partial charge in [-0.15, -0.1) is 19.8 Å². The molecule has 0 bridgehead atoms. The lowest BCUT2D eigenvalue weighted by molar-refractivity contribution is -0.274. The highest BCUT2D eigenvalue weighted by atomic mass is 19.4. The molecule has 1 aromatic rings. The van der Waals surface area contributed by atoms with E-state index in [1.54, 1.807) is 18.2 Å². The molecule has 2 nitrogen and oxygen atoms in total. The maximum Gasteiger partial charge on any atom is 0.573 e. The monoisotopic (exact) mass is 354 g/mol. The van der Waals surface area contributed by atoms with E-state index in [-0.39, 0.29) is 5.75 Å². The number of fused-ring (bicyclic) bond motifs is 1. The highest BCUT2D eigenvalue weighted by Gasteiger charge is 2.36. The van der Waals surface area contributed by atoms with Gasteiger partial charge in [0.25, 0.3) is 0 Å². The van der Waals surface area contributed by atoms with Crippen LogP contribution >= 0.6 is 0 Å². The summed E-state index contributed by atoms with van der Waals surface area (Å²) in [5.74, 6) is 1.71. The van der Waals surface area contributed by atoms with Crippen molar-refractivity contribution in [1.29, 1.82) is 0 Å². The van der Waals surface area contributed by atoms with Gasteiger partial charge in [0, 0.05) is 0 Å². The Morgan fingerprint density at radius 3 is 2.36 bits per heavy atom. The molecular formula is C20H25F3O2. The van der Waals surface area contributed by atoms with E-state index >= 15 is 0 Å². The molecule has 4 atom stereocenters. The first-order valence-electron chi connectivity index (χ1n) is 9.03. The second-order valence-corrected chi connectivity index (χ2v) is 7.20. The van der Waals surface area contributed by atoms with Crippen molar-refractivity contribution in [3.8, 4) is 5.75 Å². The van der Waals surface area contributed by atoms with Crippen molar-refractivity contribution in [3.63, 3.8) is 0 Å². The van der Waals surface area contributed by atoms with Crippen LogP contribution in [0.4, 0.5) is 13.2 Å². The van der Waals surface area contributed by atoms with Crippen LogP contribution in [0.3, 0.4) is 0 Å². The molecule has 0 amide bonds. The molecule has 0 spiro atoms. The first kappa shape index (κ1) is 18.3. The van der Waals surface area contributed by atoms with Crippen LogP contribution in [-0.2, 0) is 4.74 Å². The summed E-state index contributed by atoms with van der Waals surface area (Å²) in [6.07, 6.45) is 4.31. The molecule has 2 aliphatic carbocycles. The van der Waals surface area contributed by atoms with Crippen LogP contribution in [0.2, 0.25) is 0 Å². The van der Waals surface area contributed by atoms with Crippen molar-refractivity contribution in [2.75, 3.05) is 6.61 Å². The fraction of sp³-hybridized carbons (Fsp3) is 0.600. The van der Waals surface area contributed by atoms with Crippen LogP contribution in [0.1, 0.15) is 50.0 Å². The Kier molecular flexibility index (Phi) is 5.72. The van der Waals surface area contributed by atoms with Gasteiger partial charge in [0.1, 0.15) is 5.75 Å². The summed E-state index contributed by atoms with van der Waals surface area (Å²) >= 11 is 0. The fourth-order valence-corrected chi connectivity index (χ4v) is 4.45. The number of alkyl halides is 3. The Bertz CT molecular complexity index is 567. The molecule has 2 fully saturated rings. The summed E-state index contributed by atoms with van der Waals surface area (Å²) in [6, 6.07) is 6.42. The predicted octanol–water partition coefficient (Wildman–Crippen LogP) is 5.84. The second-order valence-electron chi connectivity index (χ2n) is 7.20. The van der Waals surface area contributed by atoms with Gasteiger partial charge in [-0.3, -0.25) is 0 Å². The molecule has 25 heavy (non-hydrogen) atoms. The van der Waals surface area contributed by atoms with Crippen LogP contribution in [0.25, 0.3) is 0 Å². The van der Waals surface area contributed by atoms with Crippen molar-refractivity contribution < 1.29 is 22.6 Å². The van der Waals surface area contributed by atoms with Gasteiger partial charge in [-0.2, -0.15) is 0 Å². The largest absolute Gasteiger partial charge is 0.573 e. The van der Waals surface area contributed by atoms with Crippen molar-refractivity contribution >= 4 is 0 Å². The number of hydrogen-bond donors (Lipinski definition) is 0. The van der Waals surface area contributed by atoms with Gasteiger partial charge in [0.05, 0.1) is 12.7 Å². The molecule has 0 N–H and O–H groups in total. The number of ether oxygens (including phenoxy) is 2. The van der Waals surface area contributed by atoms with Gasteiger partial charge in [-0.25, -0.2) is 0 Å². The first-order valence-corrected chi connectivity index (χ1v) is 9.03. The number of benzene rings is 1. The Morgan fingerprint density at radius 2 is 1.68 bits per heavy atom. The molecule has 2 aliphatic rings. The Morgan fingerprint density at radius 1 is 1.00 bits per heavy atom. The zero-order valence-corrected chi connectivity index (χ0v) is 14.3. The van der Waals surface area contributed by atoms with Crippen molar-refractivity contribution in [3.05, 3.63) is 42.5 Å². The van der Waals surface area contributed by atoms with Crippen LogP contribution in [0.15, 0.2) is 36.9 Å². The highest BCUT2D eigenvalue weighted by molar-refractivity contribution is 5.30. The quantitative estimate of drug-likeness (QED) is 0.619. The first-order chi connectivity index (χ1) is 11.9. The normalized spacial score (nSPS) is 29.7. The number of halogens is 3. The van der Waals surface area contributed by atoms with E-state index in [9.17, 15) is 13.2 Å². The molecule has 0 heterocycles. The van der Waals surface area contributed by atoms with Crippen molar-refractivity contribution in [1.82, 2.24) is 0 Å². The number of hydrogen-bond acceptors (Lipinski definition) is 2. The van der Waals surface area contributed by atoms with E-state index in [4.69, 9.17) is 4.74 Å². The summed E-state index contributed by atoms with van der Waals surface area (Å²) in [7, 11) is 0. The van der Waals surface area contributed by atoms with Gasteiger partial charge in [-0.05, 0) is 74.0 Å². The van der Waals surface area contributed by atoms with E-state index < -0.39 is 6.36 Å². The second kappa shape index (κ2) is 7.81. The zero-order chi connectivity index (χ0) is 17.9. The third-order valence-corrected chi connectivity index (χ3v) is 5.60. The van der Waals surface area contributed by atoms with Crippen LogP contribution in [-0.4, -0.2) is 19.1 Å². The minimum absolute atomic E-state index is 0.148. The highest BCUT2D eigenvalue weighted by Crippen LogP contribution is 2.46. The molecule has 3 rings (SSSR count). The third-order valence-electron chi connectivity index (χ3n) is 5.60. The molecule has 2 saturated carbocycles. The van der Waals surface area contributed by atoms with E-state index in [0.29, 0.717) is 30.5 Å². The molecule has 0 aliphatic heterocycles. The maximum absolute atomic E-state index is 12.3. The Balaban J connectivity index is 1.55. The van der Waals surface area contributed by atoms with E-state index in [1.165, 1.54) is 25.0 Å². The summed E-state index contributed by atoms with van der Waals surface area (Å²) in [4.78, 5) is 0. The molecule has 0 saturated heterocycles. The molecule has 4 unspecified atom stereocenters. The minimum Gasteiger partial charge on any atom is -0.406 e. The average Bonchev–Trinajstić information content (AvgIpc) is 2.58. The zero-order valence-electron chi connectivity index (χ0n) is 14.3. The third kappa shape index (κ3) is 5.00. The molecule has 138 valence electrons. The van der Waals surface area contributed by atoms with Crippen LogP contribution in [0, 0.1) is 11.8 Å². The maximum atomic E-state index is 12.3. The predicted molar refractivity (Wildman–Crippen MR) is 90.5 cm³/mol. The van der Waals surface area contributed by atoms with Crippen molar-refractivity contribution in [2.24, 2.45) is 11.8 Å². The van der Waals surface area contributed by atoms with Gasteiger partial charge < -0.3 is 9.47 Å². The van der Waals surface area contributed by atoms with E-state index in [1.807, 2.05) is 0 Å². The van der Waals surface area contributed by atoms with Crippen molar-refractivity contribution in [2.45, 2.75) is 56.9 Å². The summed E-state index contributed by atoms with van der Waals surface area (Å²) in [5, 5.41) is 0. The SMILES string of the molecule is C=CCOC1CCC2CC(c3ccc(OC(F)(F)F)cc3)CCC2C1. The minimum atomic E-state index is -4.63. The summed E-state index contributed by atoms with van der Waals surface area (Å²) in [5.41, 5.74) is 1.12. The van der Waals surface area contributed by atoms with E-state index in [2.05, 4.69) is 11.3 Å². The van der Waals surface area contributed by atoms with Crippen LogP contribution in [0.5, 0.6) is 5.75 Å². The van der Waals surface area contributed by atoms with Gasteiger partial charge in [0.15, 0.2) is 0 Å². The lowest BCUT2D eigenvalue weighted by Crippen LogP contribution is -2.33. The lowest BCUT2D eigenvalue weighted by atomic mass is 9.65. The summed E-state index contributed by atoms with van der Waals surface area (Å²) in [6.45, 7) is 4.32.